The third-order valence-electron chi connectivity index (χ3n) is 4.80. The number of fused-ring (bicyclic) bond motifs is 2. The maximum Gasteiger partial charge on any atom is 0.147 e. The summed E-state index contributed by atoms with van der Waals surface area (Å²) in [5, 5.41) is 0. The van der Waals surface area contributed by atoms with Crippen LogP contribution in [0.4, 0.5) is 11.6 Å². The molecule has 0 aliphatic carbocycles. The van der Waals surface area contributed by atoms with Crippen LogP contribution in [0.5, 0.6) is 0 Å². The minimum absolute atomic E-state index is 0.890. The molecule has 1 aliphatic rings. The minimum atomic E-state index is 0.890. The summed E-state index contributed by atoms with van der Waals surface area (Å²) >= 11 is 0. The van der Waals surface area contributed by atoms with Crippen LogP contribution >= 0.6 is 0 Å². The van der Waals surface area contributed by atoms with Gasteiger partial charge >= 0.3 is 0 Å². The molecule has 0 saturated carbocycles. The van der Waals surface area contributed by atoms with Crippen LogP contribution in [0.2, 0.25) is 0 Å². The van der Waals surface area contributed by atoms with E-state index in [0.29, 0.717) is 0 Å². The van der Waals surface area contributed by atoms with Gasteiger partial charge in [0.15, 0.2) is 0 Å². The zero-order valence-corrected chi connectivity index (χ0v) is 14.3. The molecule has 0 spiro atoms. The number of para-hydroxylation sites is 4. The second-order valence-electron chi connectivity index (χ2n) is 6.41. The molecule has 1 saturated heterocycles. The van der Waals surface area contributed by atoms with Crippen LogP contribution in [0, 0.1) is 0 Å². The Balaban J connectivity index is 1.34. The van der Waals surface area contributed by atoms with Crippen molar-refractivity contribution in [2.75, 3.05) is 36.0 Å². The fourth-order valence-electron chi connectivity index (χ4n) is 3.36. The zero-order chi connectivity index (χ0) is 17.3. The Kier molecular flexibility index (Phi) is 3.59. The number of aromatic nitrogens is 4. The average molecular weight is 342 g/mol. The summed E-state index contributed by atoms with van der Waals surface area (Å²) in [4.78, 5) is 23.1. The molecule has 4 aromatic rings. The maximum absolute atomic E-state index is 4.75. The predicted octanol–water partition coefficient (Wildman–Crippen LogP) is 2.90. The number of hydrogen-bond donors (Lipinski definition) is 0. The molecule has 1 aliphatic heterocycles. The van der Waals surface area contributed by atoms with Gasteiger partial charge in [-0.1, -0.05) is 24.3 Å². The smallest absolute Gasteiger partial charge is 0.147 e. The van der Waals surface area contributed by atoms with E-state index < -0.39 is 0 Å². The number of hydrogen-bond acceptors (Lipinski definition) is 6. The van der Waals surface area contributed by atoms with E-state index >= 15 is 0 Å². The Labute approximate surface area is 151 Å². The molecule has 26 heavy (non-hydrogen) atoms. The Morgan fingerprint density at radius 2 is 0.923 bits per heavy atom. The van der Waals surface area contributed by atoms with Crippen molar-refractivity contribution >= 4 is 33.7 Å². The van der Waals surface area contributed by atoms with Gasteiger partial charge in [-0.25, -0.2) is 9.97 Å². The molecule has 2 aromatic carbocycles. The monoisotopic (exact) mass is 342 g/mol. The first-order valence-electron chi connectivity index (χ1n) is 8.80. The Morgan fingerprint density at radius 3 is 1.35 bits per heavy atom. The second kappa shape index (κ2) is 6.22. The van der Waals surface area contributed by atoms with Gasteiger partial charge in [0.1, 0.15) is 11.6 Å². The van der Waals surface area contributed by atoms with Gasteiger partial charge in [-0.3, -0.25) is 9.97 Å². The summed E-state index contributed by atoms with van der Waals surface area (Å²) in [5.41, 5.74) is 3.74. The van der Waals surface area contributed by atoms with Gasteiger partial charge in [0.25, 0.3) is 0 Å². The Bertz CT molecular complexity index is 984. The molecule has 1 fully saturated rings. The van der Waals surface area contributed by atoms with Crippen molar-refractivity contribution in [1.29, 1.82) is 0 Å². The molecule has 3 heterocycles. The quantitative estimate of drug-likeness (QED) is 0.558. The third-order valence-corrected chi connectivity index (χ3v) is 4.80. The predicted molar refractivity (Wildman–Crippen MR) is 104 cm³/mol. The fraction of sp³-hybridized carbons (Fsp3) is 0.200. The summed E-state index contributed by atoms with van der Waals surface area (Å²) in [6.07, 6.45) is 3.74. The highest BCUT2D eigenvalue weighted by Gasteiger charge is 2.20. The highest BCUT2D eigenvalue weighted by molar-refractivity contribution is 5.76. The molecule has 0 amide bonds. The minimum Gasteiger partial charge on any atom is -0.352 e. The van der Waals surface area contributed by atoms with Gasteiger partial charge in [0.2, 0.25) is 0 Å². The highest BCUT2D eigenvalue weighted by atomic mass is 15.3. The molecule has 2 aromatic heterocycles. The van der Waals surface area contributed by atoms with E-state index in [9.17, 15) is 0 Å². The lowest BCUT2D eigenvalue weighted by molar-refractivity contribution is 0.641. The molecule has 6 heteroatoms. The number of benzene rings is 2. The second-order valence-corrected chi connectivity index (χ2v) is 6.41. The normalized spacial score (nSPS) is 14.9. The molecular formula is C20H18N6. The standard InChI is InChI=1S/C20H18N6/c1-3-7-17-15(5-1)21-13-19(23-17)25-9-11-26(12-10-25)20-14-22-16-6-2-4-8-18(16)24-20/h1-8,13-14H,9-12H2. The number of piperazine rings is 1. The first-order valence-corrected chi connectivity index (χ1v) is 8.80. The molecule has 5 rings (SSSR count). The van der Waals surface area contributed by atoms with Crippen molar-refractivity contribution in [3.05, 3.63) is 60.9 Å². The van der Waals surface area contributed by atoms with Crippen LogP contribution in [0.1, 0.15) is 0 Å². The Hall–Kier alpha value is -3.28. The van der Waals surface area contributed by atoms with E-state index in [1.807, 2.05) is 60.9 Å². The van der Waals surface area contributed by atoms with Crippen LogP contribution in [0.25, 0.3) is 22.1 Å². The molecule has 0 N–H and O–H groups in total. The van der Waals surface area contributed by atoms with E-state index in [1.54, 1.807) is 0 Å². The zero-order valence-electron chi connectivity index (χ0n) is 14.3. The van der Waals surface area contributed by atoms with Crippen LogP contribution in [-0.2, 0) is 0 Å². The van der Waals surface area contributed by atoms with Gasteiger partial charge in [-0.2, -0.15) is 0 Å². The van der Waals surface area contributed by atoms with E-state index in [2.05, 4.69) is 19.8 Å². The summed E-state index contributed by atoms with van der Waals surface area (Å²) in [6.45, 7) is 3.56. The van der Waals surface area contributed by atoms with Crippen LogP contribution in [0.15, 0.2) is 60.9 Å². The fourth-order valence-corrected chi connectivity index (χ4v) is 3.36. The third kappa shape index (κ3) is 2.69. The van der Waals surface area contributed by atoms with E-state index in [1.165, 1.54) is 0 Å². The average Bonchev–Trinajstić information content (AvgIpc) is 2.73. The molecule has 0 atom stereocenters. The van der Waals surface area contributed by atoms with Gasteiger partial charge < -0.3 is 9.80 Å². The highest BCUT2D eigenvalue weighted by Crippen LogP contribution is 2.20. The lowest BCUT2D eigenvalue weighted by atomic mass is 10.2. The molecule has 128 valence electrons. The molecule has 0 radical (unpaired) electrons. The molecular weight excluding hydrogens is 324 g/mol. The van der Waals surface area contributed by atoms with E-state index in [4.69, 9.17) is 9.97 Å². The maximum atomic E-state index is 4.75. The summed E-state index contributed by atoms with van der Waals surface area (Å²) in [6, 6.07) is 16.0. The Morgan fingerprint density at radius 1 is 0.538 bits per heavy atom. The topological polar surface area (TPSA) is 58.0 Å². The van der Waals surface area contributed by atoms with Crippen molar-refractivity contribution in [2.45, 2.75) is 0 Å². The van der Waals surface area contributed by atoms with Crippen molar-refractivity contribution in [1.82, 2.24) is 19.9 Å². The number of rotatable bonds is 2. The van der Waals surface area contributed by atoms with Crippen molar-refractivity contribution in [3.8, 4) is 0 Å². The van der Waals surface area contributed by atoms with Gasteiger partial charge in [-0.05, 0) is 24.3 Å². The van der Waals surface area contributed by atoms with Crippen molar-refractivity contribution in [2.24, 2.45) is 0 Å². The van der Waals surface area contributed by atoms with Crippen LogP contribution in [0.3, 0.4) is 0 Å². The first-order chi connectivity index (χ1) is 12.9. The van der Waals surface area contributed by atoms with E-state index in [-0.39, 0.29) is 0 Å². The largest absolute Gasteiger partial charge is 0.352 e. The van der Waals surface area contributed by atoms with E-state index in [0.717, 1.165) is 59.9 Å². The summed E-state index contributed by atoms with van der Waals surface area (Å²) in [7, 11) is 0. The summed E-state index contributed by atoms with van der Waals surface area (Å²) < 4.78 is 0. The molecule has 0 unspecified atom stereocenters. The summed E-state index contributed by atoms with van der Waals surface area (Å²) in [5.74, 6) is 1.88. The number of nitrogens with zero attached hydrogens (tertiary/aromatic N) is 6. The van der Waals surface area contributed by atoms with Crippen LogP contribution < -0.4 is 9.80 Å². The van der Waals surface area contributed by atoms with Crippen molar-refractivity contribution < 1.29 is 0 Å². The van der Waals surface area contributed by atoms with Gasteiger partial charge in [0.05, 0.1) is 34.5 Å². The van der Waals surface area contributed by atoms with Gasteiger partial charge in [0, 0.05) is 26.2 Å². The number of anilines is 2. The first kappa shape index (κ1) is 15.0. The van der Waals surface area contributed by atoms with Gasteiger partial charge in [-0.15, -0.1) is 0 Å². The SMILES string of the molecule is c1ccc2nc(N3CCN(c4cnc5ccccc5n4)CC3)cnc2c1. The van der Waals surface area contributed by atoms with Crippen LogP contribution in [-0.4, -0.2) is 46.1 Å². The van der Waals surface area contributed by atoms with Crippen molar-refractivity contribution in [3.63, 3.8) is 0 Å². The lowest BCUT2D eigenvalue weighted by Gasteiger charge is -2.35. The molecule has 6 nitrogen and oxygen atoms in total. The lowest BCUT2D eigenvalue weighted by Crippen LogP contribution is -2.47. The molecule has 0 bridgehead atoms.